The Morgan fingerprint density at radius 3 is 2.33 bits per heavy atom. The predicted octanol–water partition coefficient (Wildman–Crippen LogP) is 7.06. The van der Waals surface area contributed by atoms with Gasteiger partial charge >= 0.3 is 0 Å². The lowest BCUT2D eigenvalue weighted by Crippen LogP contribution is -2.17. The van der Waals surface area contributed by atoms with Crippen LogP contribution in [-0.2, 0) is 19.5 Å². The average molecular weight is 460 g/mol. The molecule has 156 valence electrons. The number of nitrogens with zero attached hydrogens (tertiary/aromatic N) is 1. The number of fused-ring (bicyclic) bond motifs is 1. The first-order valence-corrected chi connectivity index (χ1v) is 10.6. The second-order valence-corrected chi connectivity index (χ2v) is 8.16. The molecule has 0 aliphatic heterocycles. The summed E-state index contributed by atoms with van der Waals surface area (Å²) < 4.78 is 2.37. The molecule has 4 aromatic rings. The van der Waals surface area contributed by atoms with Gasteiger partial charge in [-0.2, -0.15) is 0 Å². The number of nitrogens with one attached hydrogen (secondary N) is 1. The van der Waals surface area contributed by atoms with Crippen LogP contribution in [0.5, 0.6) is 0 Å². The van der Waals surface area contributed by atoms with Crippen molar-refractivity contribution in [2.24, 2.45) is 0 Å². The van der Waals surface area contributed by atoms with Crippen LogP contribution in [0.15, 0.2) is 72.8 Å². The number of halogens is 3. The quantitative estimate of drug-likeness (QED) is 0.293. The molecule has 1 aromatic heterocycles. The molecule has 3 aromatic carbocycles. The van der Waals surface area contributed by atoms with Crippen molar-refractivity contribution < 1.29 is 0 Å². The second-order valence-electron chi connectivity index (χ2n) is 7.31. The van der Waals surface area contributed by atoms with Gasteiger partial charge < -0.3 is 9.88 Å². The first-order valence-electron chi connectivity index (χ1n) is 9.89. The molecule has 2 nitrogen and oxygen atoms in total. The van der Waals surface area contributed by atoms with Crippen LogP contribution in [0.4, 0.5) is 0 Å². The number of hydrogen-bond donors (Lipinski definition) is 1. The number of hydrogen-bond acceptors (Lipinski definition) is 1. The summed E-state index contributed by atoms with van der Waals surface area (Å²) in [6.07, 6.45) is 0.981. The summed E-state index contributed by atoms with van der Waals surface area (Å²) in [5.74, 6) is 0. The first-order chi connectivity index (χ1) is 14.1. The highest BCUT2D eigenvalue weighted by molar-refractivity contribution is 6.31. The zero-order valence-electron chi connectivity index (χ0n) is 16.9. The van der Waals surface area contributed by atoms with Crippen molar-refractivity contribution in [1.82, 2.24) is 9.88 Å². The van der Waals surface area contributed by atoms with Crippen LogP contribution < -0.4 is 5.32 Å². The smallest absolute Gasteiger partial charge is 0.0493 e. The molecular weight excluding hydrogens is 435 g/mol. The molecule has 0 radical (unpaired) electrons. The van der Waals surface area contributed by atoms with E-state index in [1.807, 2.05) is 30.3 Å². The SMILES string of the molecule is Cc1c(CNCCc2ccc(Cl)cc2)c2ccccc2n1Cc1ccccc1Cl.Cl. The van der Waals surface area contributed by atoms with Gasteiger partial charge in [0.25, 0.3) is 0 Å². The Morgan fingerprint density at radius 2 is 1.57 bits per heavy atom. The van der Waals surface area contributed by atoms with E-state index < -0.39 is 0 Å². The van der Waals surface area contributed by atoms with Gasteiger partial charge in [-0.15, -0.1) is 12.4 Å². The van der Waals surface area contributed by atoms with E-state index in [0.29, 0.717) is 0 Å². The summed E-state index contributed by atoms with van der Waals surface area (Å²) in [5, 5.41) is 6.51. The topological polar surface area (TPSA) is 17.0 Å². The van der Waals surface area contributed by atoms with Gasteiger partial charge in [-0.3, -0.25) is 0 Å². The highest BCUT2D eigenvalue weighted by atomic mass is 35.5. The highest BCUT2D eigenvalue weighted by Gasteiger charge is 2.14. The molecule has 4 rings (SSSR count). The Bertz CT molecular complexity index is 1120. The summed E-state index contributed by atoms with van der Waals surface area (Å²) in [5.41, 5.74) is 6.31. The van der Waals surface area contributed by atoms with Gasteiger partial charge in [0.2, 0.25) is 0 Å². The van der Waals surface area contributed by atoms with Gasteiger partial charge in [-0.1, -0.05) is 71.7 Å². The Hall–Kier alpha value is -1.97. The van der Waals surface area contributed by atoms with Crippen molar-refractivity contribution in [2.45, 2.75) is 26.4 Å². The zero-order chi connectivity index (χ0) is 20.2. The van der Waals surface area contributed by atoms with Crippen LogP contribution in [0.1, 0.15) is 22.4 Å². The van der Waals surface area contributed by atoms with E-state index in [4.69, 9.17) is 23.2 Å². The Labute approximate surface area is 194 Å². The summed E-state index contributed by atoms with van der Waals surface area (Å²) in [6, 6.07) is 24.8. The number of benzene rings is 3. The predicted molar refractivity (Wildman–Crippen MR) is 131 cm³/mol. The van der Waals surface area contributed by atoms with Crippen LogP contribution >= 0.6 is 35.6 Å². The molecule has 0 atom stereocenters. The molecule has 1 heterocycles. The fourth-order valence-electron chi connectivity index (χ4n) is 3.82. The van der Waals surface area contributed by atoms with E-state index in [2.05, 4.69) is 59.3 Å². The van der Waals surface area contributed by atoms with Crippen molar-refractivity contribution in [3.05, 3.63) is 105 Å². The number of para-hydroxylation sites is 1. The van der Waals surface area contributed by atoms with E-state index in [-0.39, 0.29) is 12.4 Å². The molecule has 0 saturated carbocycles. The molecular formula is C25H25Cl3N2. The van der Waals surface area contributed by atoms with E-state index in [9.17, 15) is 0 Å². The monoisotopic (exact) mass is 458 g/mol. The molecule has 1 N–H and O–H groups in total. The lowest BCUT2D eigenvalue weighted by molar-refractivity contribution is 0.681. The molecule has 0 aliphatic rings. The zero-order valence-corrected chi connectivity index (χ0v) is 19.2. The van der Waals surface area contributed by atoms with Crippen LogP contribution in [0.2, 0.25) is 10.0 Å². The Balaban J connectivity index is 0.00000256. The van der Waals surface area contributed by atoms with Gasteiger partial charge in [0.05, 0.1) is 0 Å². The summed E-state index contributed by atoms with van der Waals surface area (Å²) in [6.45, 7) is 4.74. The van der Waals surface area contributed by atoms with Crippen molar-refractivity contribution in [2.75, 3.05) is 6.54 Å². The number of rotatable bonds is 7. The maximum absolute atomic E-state index is 6.42. The van der Waals surface area contributed by atoms with Gasteiger partial charge in [-0.05, 0) is 60.8 Å². The molecule has 0 amide bonds. The maximum atomic E-state index is 6.42. The first kappa shape index (κ1) is 22.7. The average Bonchev–Trinajstić information content (AvgIpc) is 3.00. The van der Waals surface area contributed by atoms with Crippen LogP contribution in [0, 0.1) is 6.92 Å². The molecule has 5 heteroatoms. The van der Waals surface area contributed by atoms with Crippen LogP contribution in [0.3, 0.4) is 0 Å². The van der Waals surface area contributed by atoms with E-state index in [1.54, 1.807) is 0 Å². The molecule has 0 spiro atoms. The third-order valence-corrected chi connectivity index (χ3v) is 6.07. The lowest BCUT2D eigenvalue weighted by Gasteiger charge is -2.11. The van der Waals surface area contributed by atoms with Crippen molar-refractivity contribution in [1.29, 1.82) is 0 Å². The standard InChI is InChI=1S/C25H24Cl2N2.ClH/c1-18-23(16-28-15-14-19-10-12-21(26)13-11-19)22-7-3-5-9-25(22)29(18)17-20-6-2-4-8-24(20)27;/h2-13,28H,14-17H2,1H3;1H. The molecule has 0 saturated heterocycles. The van der Waals surface area contributed by atoms with Gasteiger partial charge in [0.1, 0.15) is 0 Å². The molecule has 0 fully saturated rings. The minimum Gasteiger partial charge on any atom is -0.340 e. The van der Waals surface area contributed by atoms with Gasteiger partial charge in [0, 0.05) is 39.7 Å². The second kappa shape index (κ2) is 10.4. The van der Waals surface area contributed by atoms with Crippen molar-refractivity contribution >= 4 is 46.5 Å². The van der Waals surface area contributed by atoms with E-state index in [0.717, 1.165) is 41.7 Å². The van der Waals surface area contributed by atoms with Crippen LogP contribution in [0.25, 0.3) is 10.9 Å². The van der Waals surface area contributed by atoms with Gasteiger partial charge in [-0.25, -0.2) is 0 Å². The van der Waals surface area contributed by atoms with Crippen LogP contribution in [-0.4, -0.2) is 11.1 Å². The summed E-state index contributed by atoms with van der Waals surface area (Å²) in [7, 11) is 0. The number of aromatic nitrogens is 1. The maximum Gasteiger partial charge on any atom is 0.0493 e. The van der Waals surface area contributed by atoms with Crippen molar-refractivity contribution in [3.63, 3.8) is 0 Å². The fourth-order valence-corrected chi connectivity index (χ4v) is 4.15. The van der Waals surface area contributed by atoms with E-state index in [1.165, 1.54) is 27.7 Å². The van der Waals surface area contributed by atoms with E-state index >= 15 is 0 Å². The minimum atomic E-state index is 0. The minimum absolute atomic E-state index is 0. The van der Waals surface area contributed by atoms with Crippen molar-refractivity contribution in [3.8, 4) is 0 Å². The Kier molecular flexibility index (Phi) is 7.85. The highest BCUT2D eigenvalue weighted by Crippen LogP contribution is 2.28. The summed E-state index contributed by atoms with van der Waals surface area (Å²) in [4.78, 5) is 0. The molecule has 0 unspecified atom stereocenters. The third kappa shape index (κ3) is 5.01. The third-order valence-electron chi connectivity index (χ3n) is 5.45. The Morgan fingerprint density at radius 1 is 0.867 bits per heavy atom. The largest absolute Gasteiger partial charge is 0.340 e. The fraction of sp³-hybridized carbons (Fsp3) is 0.200. The molecule has 0 bridgehead atoms. The lowest BCUT2D eigenvalue weighted by atomic mass is 10.1. The molecule has 30 heavy (non-hydrogen) atoms. The normalized spacial score (nSPS) is 10.9. The van der Waals surface area contributed by atoms with Gasteiger partial charge in [0.15, 0.2) is 0 Å². The summed E-state index contributed by atoms with van der Waals surface area (Å²) >= 11 is 12.4. The molecule has 0 aliphatic carbocycles.